The minimum atomic E-state index is -1.20. The van der Waals surface area contributed by atoms with Gasteiger partial charge >= 0.3 is 17.9 Å². The zero-order valence-corrected chi connectivity index (χ0v) is 17.7. The number of alkyl halides is 1. The molecule has 0 bridgehead atoms. The Hall–Kier alpha value is -2.46. The van der Waals surface area contributed by atoms with Gasteiger partial charge in [0.25, 0.3) is 0 Å². The minimum Gasteiger partial charge on any atom is -0.463 e. The summed E-state index contributed by atoms with van der Waals surface area (Å²) >= 11 is 6.78. The van der Waals surface area contributed by atoms with E-state index in [1.807, 2.05) is 30.3 Å². The van der Waals surface area contributed by atoms with Gasteiger partial charge in [0, 0.05) is 23.7 Å². The summed E-state index contributed by atoms with van der Waals surface area (Å²) in [5.41, 5.74) is 8.24. The third-order valence-corrected chi connectivity index (χ3v) is 5.31. The highest BCUT2D eigenvalue weighted by molar-refractivity contribution is 7.99. The molecule has 162 valence electrons. The van der Waals surface area contributed by atoms with Gasteiger partial charge < -0.3 is 18.9 Å². The maximum Gasteiger partial charge on any atom is 0.321 e. The van der Waals surface area contributed by atoms with Crippen molar-refractivity contribution in [1.82, 2.24) is 0 Å². The second kappa shape index (κ2) is 11.7. The normalized spacial score (nSPS) is 25.5. The highest BCUT2D eigenvalue weighted by Crippen LogP contribution is 2.37. The number of hydrogen-bond donors (Lipinski definition) is 0. The van der Waals surface area contributed by atoms with E-state index in [-0.39, 0.29) is 6.61 Å². The van der Waals surface area contributed by atoms with E-state index in [4.69, 9.17) is 36.1 Å². The molecule has 1 aliphatic heterocycles. The van der Waals surface area contributed by atoms with Gasteiger partial charge in [-0.1, -0.05) is 35.1 Å². The fraction of sp³-hybridized carbons (Fsp3) is 0.500. The first-order valence-electron chi connectivity index (χ1n) is 8.83. The van der Waals surface area contributed by atoms with Crippen molar-refractivity contribution in [2.45, 2.75) is 48.5 Å². The predicted molar refractivity (Wildman–Crippen MR) is 107 cm³/mol. The van der Waals surface area contributed by atoms with Crippen LogP contribution in [0, 0.1) is 0 Å². The maximum absolute atomic E-state index is 11.9. The predicted octanol–water partition coefficient (Wildman–Crippen LogP) is 2.83. The molecule has 0 unspecified atom stereocenters. The highest BCUT2D eigenvalue weighted by atomic mass is 35.5. The summed E-state index contributed by atoms with van der Waals surface area (Å²) in [7, 11) is 0. The lowest BCUT2D eigenvalue weighted by molar-refractivity contribution is -0.208. The van der Waals surface area contributed by atoms with E-state index in [1.54, 1.807) is 0 Å². The SMILES string of the molecule is CC(=O)OC[C@H]1O[C@@H](Sc2ccccc2)[C@H](N=[N+]=[N-])[C@@H](OC(=O)CCl)[C@@H]1OC(C)=O. The third-order valence-electron chi connectivity index (χ3n) is 3.92. The molecule has 30 heavy (non-hydrogen) atoms. The second-order valence-electron chi connectivity index (χ2n) is 6.13. The molecule has 12 heteroatoms. The van der Waals surface area contributed by atoms with Crippen LogP contribution < -0.4 is 0 Å². The molecular weight excluding hydrogens is 438 g/mol. The van der Waals surface area contributed by atoms with Gasteiger partial charge in [-0.25, -0.2) is 0 Å². The molecule has 1 aliphatic rings. The second-order valence-corrected chi connectivity index (χ2v) is 7.57. The lowest BCUT2D eigenvalue weighted by Gasteiger charge is -2.43. The zero-order valence-electron chi connectivity index (χ0n) is 16.2. The van der Waals surface area contributed by atoms with E-state index in [1.165, 1.54) is 18.7 Å². The summed E-state index contributed by atoms with van der Waals surface area (Å²) in [6, 6.07) is 8.06. The quantitative estimate of drug-likeness (QED) is 0.145. The first-order valence-corrected chi connectivity index (χ1v) is 10.2. The van der Waals surface area contributed by atoms with Crippen molar-refractivity contribution in [2.24, 2.45) is 5.11 Å². The van der Waals surface area contributed by atoms with Crippen molar-refractivity contribution in [3.63, 3.8) is 0 Å². The van der Waals surface area contributed by atoms with Crippen molar-refractivity contribution in [1.29, 1.82) is 0 Å². The largest absolute Gasteiger partial charge is 0.463 e. The number of azide groups is 1. The van der Waals surface area contributed by atoms with Crippen LogP contribution in [0.3, 0.4) is 0 Å². The number of ether oxygens (including phenoxy) is 4. The van der Waals surface area contributed by atoms with Gasteiger partial charge in [0.05, 0.1) is 0 Å². The number of esters is 3. The van der Waals surface area contributed by atoms with Crippen LogP contribution in [0.25, 0.3) is 10.4 Å². The molecule has 0 radical (unpaired) electrons. The average Bonchev–Trinajstić information content (AvgIpc) is 2.71. The lowest BCUT2D eigenvalue weighted by atomic mass is 9.98. The van der Waals surface area contributed by atoms with Gasteiger partial charge in [0.2, 0.25) is 0 Å². The lowest BCUT2D eigenvalue weighted by Crippen LogP contribution is -2.60. The number of rotatable bonds is 8. The Morgan fingerprint density at radius 1 is 1.17 bits per heavy atom. The Morgan fingerprint density at radius 2 is 1.87 bits per heavy atom. The topological polar surface area (TPSA) is 137 Å². The van der Waals surface area contributed by atoms with Gasteiger partial charge in [-0.15, -0.1) is 11.6 Å². The molecule has 1 saturated heterocycles. The van der Waals surface area contributed by atoms with Gasteiger partial charge in [-0.05, 0) is 17.7 Å². The number of halogens is 1. The summed E-state index contributed by atoms with van der Waals surface area (Å²) < 4.78 is 21.7. The van der Waals surface area contributed by atoms with E-state index in [9.17, 15) is 14.4 Å². The van der Waals surface area contributed by atoms with E-state index >= 15 is 0 Å². The fourth-order valence-electron chi connectivity index (χ4n) is 2.79. The van der Waals surface area contributed by atoms with Crippen molar-refractivity contribution >= 4 is 41.3 Å². The van der Waals surface area contributed by atoms with Crippen LogP contribution in [-0.2, 0) is 33.3 Å². The van der Waals surface area contributed by atoms with Crippen LogP contribution in [-0.4, -0.2) is 60.2 Å². The van der Waals surface area contributed by atoms with Crippen LogP contribution in [0.15, 0.2) is 40.3 Å². The van der Waals surface area contributed by atoms with Gasteiger partial charge in [0.15, 0.2) is 12.2 Å². The van der Waals surface area contributed by atoms with Gasteiger partial charge in [0.1, 0.15) is 30.1 Å². The standard InChI is InChI=1S/C18H20ClN3O7S/c1-10(23)26-9-13-16(27-11(2)24)17(29-14(25)8-19)15(21-22-20)18(28-13)30-12-6-4-3-5-7-12/h3-7,13,15-18H,8-9H2,1-2H3/t13-,15-,16-,17-,18+/m1/s1. The zero-order chi connectivity index (χ0) is 22.1. The third kappa shape index (κ3) is 6.81. The van der Waals surface area contributed by atoms with Crippen molar-refractivity contribution in [2.75, 3.05) is 12.5 Å². The molecule has 1 heterocycles. The Morgan fingerprint density at radius 3 is 2.43 bits per heavy atom. The maximum atomic E-state index is 11.9. The molecule has 2 rings (SSSR count). The molecule has 0 aliphatic carbocycles. The van der Waals surface area contributed by atoms with Crippen LogP contribution in [0.5, 0.6) is 0 Å². The summed E-state index contributed by atoms with van der Waals surface area (Å²) in [4.78, 5) is 38.5. The first kappa shape index (κ1) is 23.8. The fourth-order valence-corrected chi connectivity index (χ4v) is 3.98. The molecule has 1 fully saturated rings. The Bertz CT molecular complexity index is 806. The van der Waals surface area contributed by atoms with E-state index in [0.717, 1.165) is 11.8 Å². The molecular formula is C18H20ClN3O7S. The van der Waals surface area contributed by atoms with E-state index in [2.05, 4.69) is 10.0 Å². The van der Waals surface area contributed by atoms with Crippen molar-refractivity contribution < 1.29 is 33.3 Å². The Kier molecular flexibility index (Phi) is 9.25. The smallest absolute Gasteiger partial charge is 0.321 e. The number of carbonyl (C=O) groups excluding carboxylic acids is 3. The molecule has 5 atom stereocenters. The van der Waals surface area contributed by atoms with Crippen LogP contribution >= 0.6 is 23.4 Å². The summed E-state index contributed by atoms with van der Waals surface area (Å²) in [6.07, 6.45) is -3.36. The van der Waals surface area contributed by atoms with Crippen LogP contribution in [0.2, 0.25) is 0 Å². The molecule has 0 amide bonds. The number of hydrogen-bond acceptors (Lipinski definition) is 9. The number of thioether (sulfide) groups is 1. The highest BCUT2D eigenvalue weighted by Gasteiger charge is 2.50. The minimum absolute atomic E-state index is 0.267. The average molecular weight is 458 g/mol. The van der Waals surface area contributed by atoms with E-state index in [0.29, 0.717) is 0 Å². The Labute approximate surface area is 181 Å². The molecule has 1 aromatic carbocycles. The van der Waals surface area contributed by atoms with Crippen LogP contribution in [0.4, 0.5) is 0 Å². The summed E-state index contributed by atoms with van der Waals surface area (Å²) in [6.45, 7) is 2.11. The van der Waals surface area contributed by atoms with E-state index < -0.39 is 53.6 Å². The molecule has 0 saturated carbocycles. The van der Waals surface area contributed by atoms with Crippen molar-refractivity contribution in [3.8, 4) is 0 Å². The summed E-state index contributed by atoms with van der Waals surface area (Å²) in [5, 5.41) is 3.73. The monoisotopic (exact) mass is 457 g/mol. The molecule has 0 N–H and O–H groups in total. The van der Waals surface area contributed by atoms with Gasteiger partial charge in [-0.3, -0.25) is 14.4 Å². The Balaban J connectivity index is 2.42. The van der Waals surface area contributed by atoms with Gasteiger partial charge in [-0.2, -0.15) is 0 Å². The molecule has 1 aromatic rings. The molecule has 10 nitrogen and oxygen atoms in total. The number of carbonyl (C=O) groups is 3. The summed E-state index contributed by atoms with van der Waals surface area (Å²) in [5.74, 6) is -2.51. The number of nitrogens with zero attached hydrogens (tertiary/aromatic N) is 3. The first-order chi connectivity index (χ1) is 14.3. The molecule has 0 spiro atoms. The van der Waals surface area contributed by atoms with Crippen LogP contribution in [0.1, 0.15) is 13.8 Å². The number of benzene rings is 1. The van der Waals surface area contributed by atoms with Crippen molar-refractivity contribution in [3.05, 3.63) is 40.8 Å². The molecule has 0 aromatic heterocycles.